The summed E-state index contributed by atoms with van der Waals surface area (Å²) in [5, 5.41) is 10.7. The Hall–Kier alpha value is -1.42. The molecule has 4 nitrogen and oxygen atoms in total. The summed E-state index contributed by atoms with van der Waals surface area (Å²) in [5.41, 5.74) is 1.13. The van der Waals surface area contributed by atoms with E-state index in [9.17, 15) is 9.90 Å². The van der Waals surface area contributed by atoms with Gasteiger partial charge in [-0.3, -0.25) is 9.78 Å². The number of fused-ring (bicyclic) bond motifs is 1. The third-order valence-corrected chi connectivity index (χ3v) is 4.84. The van der Waals surface area contributed by atoms with Crippen molar-refractivity contribution in [1.29, 1.82) is 0 Å². The molecule has 2 aliphatic rings. The van der Waals surface area contributed by atoms with Crippen molar-refractivity contribution in [2.75, 3.05) is 13.1 Å². The molecule has 3 rings (SSSR count). The molecule has 2 fully saturated rings. The summed E-state index contributed by atoms with van der Waals surface area (Å²) < 4.78 is 0. The summed E-state index contributed by atoms with van der Waals surface area (Å²) in [7, 11) is 0. The van der Waals surface area contributed by atoms with Crippen LogP contribution in [0.2, 0.25) is 0 Å². The lowest BCUT2D eigenvalue weighted by atomic mass is 9.71. The molecule has 0 bridgehead atoms. The maximum atomic E-state index is 12.5. The number of aryl methyl sites for hydroxylation is 1. The first-order valence-electron chi connectivity index (χ1n) is 7.52. The minimum atomic E-state index is -0.528. The van der Waals surface area contributed by atoms with Crippen LogP contribution in [0.4, 0.5) is 0 Å². The Morgan fingerprint density at radius 3 is 3.05 bits per heavy atom. The van der Waals surface area contributed by atoms with Gasteiger partial charge < -0.3 is 10.0 Å². The molecule has 0 aromatic carbocycles. The average molecular weight is 274 g/mol. The van der Waals surface area contributed by atoms with Gasteiger partial charge in [0.1, 0.15) is 0 Å². The highest BCUT2D eigenvalue weighted by atomic mass is 16.3. The van der Waals surface area contributed by atoms with E-state index in [1.807, 2.05) is 17.9 Å². The lowest BCUT2D eigenvalue weighted by Crippen LogP contribution is -2.54. The molecule has 1 aliphatic carbocycles. The first-order chi connectivity index (χ1) is 9.58. The largest absolute Gasteiger partial charge is 0.389 e. The fourth-order valence-electron chi connectivity index (χ4n) is 3.61. The van der Waals surface area contributed by atoms with Crippen LogP contribution in [0, 0.1) is 12.8 Å². The average Bonchev–Trinajstić information content (AvgIpc) is 2.45. The van der Waals surface area contributed by atoms with E-state index in [2.05, 4.69) is 4.98 Å². The van der Waals surface area contributed by atoms with E-state index in [0.717, 1.165) is 24.8 Å². The number of carbonyl (C=O) groups excluding carboxylic acids is 1. The highest BCUT2D eigenvalue weighted by Gasteiger charge is 2.43. The summed E-state index contributed by atoms with van der Waals surface area (Å²) in [4.78, 5) is 18.5. The van der Waals surface area contributed by atoms with E-state index in [-0.39, 0.29) is 11.8 Å². The number of likely N-dealkylation sites (tertiary alicyclic amines) is 1. The number of amides is 1. The Bertz CT molecular complexity index is 517. The van der Waals surface area contributed by atoms with Gasteiger partial charge in [-0.1, -0.05) is 12.8 Å². The topological polar surface area (TPSA) is 53.4 Å². The molecule has 20 heavy (non-hydrogen) atoms. The lowest BCUT2D eigenvalue weighted by Gasteiger charge is -2.47. The molecule has 2 heterocycles. The Balaban J connectivity index is 1.74. The molecule has 1 saturated carbocycles. The Labute approximate surface area is 119 Å². The number of aliphatic hydroxyl groups is 1. The molecule has 1 aliphatic heterocycles. The van der Waals surface area contributed by atoms with Gasteiger partial charge in [-0.15, -0.1) is 0 Å². The summed E-state index contributed by atoms with van der Waals surface area (Å²) in [6, 6.07) is 1.89. The monoisotopic (exact) mass is 274 g/mol. The van der Waals surface area contributed by atoms with E-state index in [0.29, 0.717) is 25.1 Å². The standard InChI is InChI=1S/C16H22N2O2/c1-12-8-13(10-17-9-12)15(19)18-7-6-16(20)5-3-2-4-14(16)11-18/h8-10,14,20H,2-7,11H2,1H3. The van der Waals surface area contributed by atoms with Gasteiger partial charge in [0.2, 0.25) is 0 Å². The minimum Gasteiger partial charge on any atom is -0.389 e. The van der Waals surface area contributed by atoms with Gasteiger partial charge >= 0.3 is 0 Å². The number of aromatic nitrogens is 1. The van der Waals surface area contributed by atoms with Crippen LogP contribution in [0.3, 0.4) is 0 Å². The number of piperidine rings is 1. The molecule has 2 unspecified atom stereocenters. The van der Waals surface area contributed by atoms with Crippen LogP contribution in [-0.2, 0) is 0 Å². The van der Waals surface area contributed by atoms with Crippen molar-refractivity contribution in [3.05, 3.63) is 29.6 Å². The van der Waals surface area contributed by atoms with Gasteiger partial charge in [0.15, 0.2) is 0 Å². The predicted molar refractivity (Wildman–Crippen MR) is 76.4 cm³/mol. The number of carbonyl (C=O) groups is 1. The molecule has 1 amide bonds. The summed E-state index contributed by atoms with van der Waals surface area (Å²) >= 11 is 0. The van der Waals surface area contributed by atoms with Crippen molar-refractivity contribution < 1.29 is 9.90 Å². The van der Waals surface area contributed by atoms with Crippen molar-refractivity contribution >= 4 is 5.91 Å². The van der Waals surface area contributed by atoms with Gasteiger partial charge in [0, 0.05) is 31.4 Å². The summed E-state index contributed by atoms with van der Waals surface area (Å²) in [5.74, 6) is 0.292. The minimum absolute atomic E-state index is 0.0498. The van der Waals surface area contributed by atoms with E-state index < -0.39 is 5.60 Å². The molecular weight excluding hydrogens is 252 g/mol. The zero-order valence-corrected chi connectivity index (χ0v) is 12.0. The van der Waals surface area contributed by atoms with Crippen LogP contribution >= 0.6 is 0 Å². The fraction of sp³-hybridized carbons (Fsp3) is 0.625. The van der Waals surface area contributed by atoms with Crippen molar-refractivity contribution in [2.24, 2.45) is 5.92 Å². The van der Waals surface area contributed by atoms with Crippen LogP contribution in [0.25, 0.3) is 0 Å². The Morgan fingerprint density at radius 1 is 1.40 bits per heavy atom. The SMILES string of the molecule is Cc1cncc(C(=O)N2CCC3(O)CCCCC3C2)c1. The second-order valence-electron chi connectivity index (χ2n) is 6.30. The number of hydrogen-bond donors (Lipinski definition) is 1. The van der Waals surface area contributed by atoms with E-state index in [1.165, 1.54) is 6.42 Å². The second-order valence-corrected chi connectivity index (χ2v) is 6.30. The fourth-order valence-corrected chi connectivity index (χ4v) is 3.61. The van der Waals surface area contributed by atoms with Gasteiger partial charge in [0.05, 0.1) is 11.2 Å². The molecule has 1 saturated heterocycles. The molecule has 4 heteroatoms. The first-order valence-corrected chi connectivity index (χ1v) is 7.52. The maximum Gasteiger partial charge on any atom is 0.255 e. The molecule has 2 atom stereocenters. The van der Waals surface area contributed by atoms with Crippen LogP contribution in [0.5, 0.6) is 0 Å². The highest BCUT2D eigenvalue weighted by molar-refractivity contribution is 5.94. The molecule has 1 aromatic heterocycles. The number of hydrogen-bond acceptors (Lipinski definition) is 3. The number of nitrogens with zero attached hydrogens (tertiary/aromatic N) is 2. The normalized spacial score (nSPS) is 29.9. The van der Waals surface area contributed by atoms with Gasteiger partial charge in [-0.25, -0.2) is 0 Å². The zero-order chi connectivity index (χ0) is 14.2. The predicted octanol–water partition coefficient (Wildman–Crippen LogP) is 2.16. The van der Waals surface area contributed by atoms with E-state index in [4.69, 9.17) is 0 Å². The number of pyridine rings is 1. The van der Waals surface area contributed by atoms with Gasteiger partial charge in [-0.2, -0.15) is 0 Å². The van der Waals surface area contributed by atoms with Crippen LogP contribution in [0.1, 0.15) is 48.0 Å². The second kappa shape index (κ2) is 5.17. The van der Waals surface area contributed by atoms with Crippen LogP contribution < -0.4 is 0 Å². The Morgan fingerprint density at radius 2 is 2.25 bits per heavy atom. The van der Waals surface area contributed by atoms with Gasteiger partial charge in [-0.05, 0) is 37.8 Å². The summed E-state index contributed by atoms with van der Waals surface area (Å²) in [6.45, 7) is 3.28. The van der Waals surface area contributed by atoms with Crippen molar-refractivity contribution in [2.45, 2.75) is 44.6 Å². The smallest absolute Gasteiger partial charge is 0.255 e. The van der Waals surface area contributed by atoms with Crippen molar-refractivity contribution in [3.63, 3.8) is 0 Å². The van der Waals surface area contributed by atoms with E-state index in [1.54, 1.807) is 12.4 Å². The summed E-state index contributed by atoms with van der Waals surface area (Å²) in [6.07, 6.45) is 8.31. The quantitative estimate of drug-likeness (QED) is 0.853. The Kier molecular flexibility index (Phi) is 3.50. The third-order valence-electron chi connectivity index (χ3n) is 4.84. The molecule has 0 radical (unpaired) electrons. The van der Waals surface area contributed by atoms with Crippen molar-refractivity contribution in [3.8, 4) is 0 Å². The van der Waals surface area contributed by atoms with E-state index >= 15 is 0 Å². The van der Waals surface area contributed by atoms with Crippen molar-refractivity contribution in [1.82, 2.24) is 9.88 Å². The molecule has 108 valence electrons. The zero-order valence-electron chi connectivity index (χ0n) is 12.0. The van der Waals surface area contributed by atoms with Gasteiger partial charge in [0.25, 0.3) is 5.91 Å². The molecule has 1 aromatic rings. The third kappa shape index (κ3) is 2.44. The molecule has 0 spiro atoms. The highest BCUT2D eigenvalue weighted by Crippen LogP contribution is 2.39. The molecular formula is C16H22N2O2. The maximum absolute atomic E-state index is 12.5. The lowest BCUT2D eigenvalue weighted by molar-refractivity contribution is -0.0886. The molecule has 1 N–H and O–H groups in total. The van der Waals surface area contributed by atoms with Crippen LogP contribution in [-0.4, -0.2) is 39.6 Å². The van der Waals surface area contributed by atoms with Crippen LogP contribution in [0.15, 0.2) is 18.5 Å². The first kappa shape index (κ1) is 13.6. The number of rotatable bonds is 1.